The predicted octanol–water partition coefficient (Wildman–Crippen LogP) is 6.08. The second-order valence-electron chi connectivity index (χ2n) is 11.8. The van der Waals surface area contributed by atoms with Gasteiger partial charge in [-0.05, 0) is 69.4 Å². The summed E-state index contributed by atoms with van der Waals surface area (Å²) in [7, 11) is 0. The molecule has 9 nitrogen and oxygen atoms in total. The standard InChI is InChI=1S/C30H34F3N5O4/c1-29(2,3)42-27(40)34-17-19-9-12-24-22(15-19)35-25(36(24)14-6-13-30(31,32)33)16-26(39)38-23-8-5-4-7-20(23)18-37(28(38)41)21-10-11-21/h4-5,7-9,12,15,21H,6,10-11,13-14,16-18H2,1-3H3,(H,34,40). The van der Waals surface area contributed by atoms with Gasteiger partial charge in [-0.3, -0.25) is 4.79 Å². The van der Waals surface area contributed by atoms with Gasteiger partial charge >= 0.3 is 18.3 Å². The monoisotopic (exact) mass is 585 g/mol. The molecule has 5 rings (SSSR count). The minimum Gasteiger partial charge on any atom is -0.444 e. The molecule has 1 fully saturated rings. The van der Waals surface area contributed by atoms with Gasteiger partial charge in [0.05, 0.1) is 23.1 Å². The molecule has 1 saturated carbocycles. The third kappa shape index (κ3) is 6.85. The number of alkyl halides is 3. The lowest BCUT2D eigenvalue weighted by Crippen LogP contribution is -2.51. The first-order valence-electron chi connectivity index (χ1n) is 14.0. The fraction of sp³-hybridized carbons (Fsp3) is 0.467. The number of fused-ring (bicyclic) bond motifs is 2. The molecule has 1 aliphatic carbocycles. The maximum Gasteiger partial charge on any atom is 0.407 e. The molecular formula is C30H34F3N5O4. The van der Waals surface area contributed by atoms with Crippen LogP contribution in [0.5, 0.6) is 0 Å². The number of aromatic nitrogens is 2. The Hall–Kier alpha value is -4.09. The van der Waals surface area contributed by atoms with Gasteiger partial charge in [-0.15, -0.1) is 0 Å². The van der Waals surface area contributed by atoms with Crippen LogP contribution < -0.4 is 10.2 Å². The number of amides is 4. The fourth-order valence-electron chi connectivity index (χ4n) is 5.12. The van der Waals surface area contributed by atoms with Gasteiger partial charge < -0.3 is 19.5 Å². The lowest BCUT2D eigenvalue weighted by molar-refractivity contribution is -0.136. The summed E-state index contributed by atoms with van der Waals surface area (Å²) in [6.07, 6.45) is -4.58. The molecule has 3 aromatic rings. The summed E-state index contributed by atoms with van der Waals surface area (Å²) in [5.74, 6) is -0.236. The number of carbonyl (C=O) groups excluding carboxylic acids is 3. The summed E-state index contributed by atoms with van der Waals surface area (Å²) in [6, 6.07) is 12.1. The Kier molecular flexibility index (Phi) is 7.91. The first-order valence-corrected chi connectivity index (χ1v) is 14.0. The third-order valence-corrected chi connectivity index (χ3v) is 7.13. The van der Waals surface area contributed by atoms with E-state index in [2.05, 4.69) is 10.3 Å². The van der Waals surface area contributed by atoms with E-state index in [1.54, 1.807) is 60.6 Å². The number of imide groups is 1. The van der Waals surface area contributed by atoms with E-state index >= 15 is 0 Å². The maximum absolute atomic E-state index is 13.7. The average molecular weight is 586 g/mol. The number of nitrogens with one attached hydrogen (secondary N) is 1. The molecule has 4 amide bonds. The Morgan fingerprint density at radius 3 is 2.52 bits per heavy atom. The van der Waals surface area contributed by atoms with Gasteiger partial charge in [0.1, 0.15) is 11.4 Å². The van der Waals surface area contributed by atoms with Crippen LogP contribution in [-0.4, -0.2) is 50.3 Å². The van der Waals surface area contributed by atoms with Crippen molar-refractivity contribution in [1.82, 2.24) is 19.8 Å². The van der Waals surface area contributed by atoms with Gasteiger partial charge in [0.15, 0.2) is 0 Å². The van der Waals surface area contributed by atoms with Gasteiger partial charge in [-0.25, -0.2) is 19.5 Å². The van der Waals surface area contributed by atoms with E-state index in [1.165, 1.54) is 4.90 Å². The van der Waals surface area contributed by atoms with Crippen molar-refractivity contribution in [3.05, 3.63) is 59.4 Å². The number of hydrogen-bond acceptors (Lipinski definition) is 5. The minimum absolute atomic E-state index is 0.00708. The average Bonchev–Trinajstić information content (AvgIpc) is 3.68. The van der Waals surface area contributed by atoms with Crippen molar-refractivity contribution in [3.8, 4) is 0 Å². The minimum atomic E-state index is -4.32. The number of para-hydroxylation sites is 1. The van der Waals surface area contributed by atoms with Crippen LogP contribution in [0, 0.1) is 0 Å². The Balaban J connectivity index is 1.42. The number of halogens is 3. The highest BCUT2D eigenvalue weighted by atomic mass is 19.4. The van der Waals surface area contributed by atoms with Gasteiger partial charge in [-0.1, -0.05) is 24.3 Å². The Labute approximate surface area is 241 Å². The van der Waals surface area contributed by atoms with Crippen molar-refractivity contribution >= 4 is 34.8 Å². The Morgan fingerprint density at radius 1 is 1.10 bits per heavy atom. The molecule has 0 saturated heterocycles. The number of carbonyl (C=O) groups is 3. The topological polar surface area (TPSA) is 96.8 Å². The molecule has 0 bridgehead atoms. The van der Waals surface area contributed by atoms with Crippen molar-refractivity contribution in [2.75, 3.05) is 4.90 Å². The zero-order valence-corrected chi connectivity index (χ0v) is 23.8. The first-order chi connectivity index (χ1) is 19.8. The molecule has 2 aromatic carbocycles. The normalized spacial score (nSPS) is 15.6. The van der Waals surface area contributed by atoms with E-state index in [-0.39, 0.29) is 37.8 Å². The molecule has 224 valence electrons. The highest BCUT2D eigenvalue weighted by Gasteiger charge is 2.41. The lowest BCUT2D eigenvalue weighted by Gasteiger charge is -2.36. The maximum atomic E-state index is 13.7. The van der Waals surface area contributed by atoms with Crippen LogP contribution >= 0.6 is 0 Å². The smallest absolute Gasteiger partial charge is 0.407 e. The number of urea groups is 1. The number of benzene rings is 2. The fourth-order valence-corrected chi connectivity index (χ4v) is 5.12. The van der Waals surface area contributed by atoms with Crippen LogP contribution in [0.3, 0.4) is 0 Å². The van der Waals surface area contributed by atoms with Crippen molar-refractivity contribution < 1.29 is 32.3 Å². The van der Waals surface area contributed by atoms with E-state index in [9.17, 15) is 27.6 Å². The summed E-state index contributed by atoms with van der Waals surface area (Å²) in [5, 5.41) is 2.68. The number of ether oxygens (including phenoxy) is 1. The first kappa shape index (κ1) is 29.4. The summed E-state index contributed by atoms with van der Waals surface area (Å²) in [6.45, 7) is 5.84. The van der Waals surface area contributed by atoms with Crippen molar-refractivity contribution in [2.45, 2.75) is 90.3 Å². The van der Waals surface area contributed by atoms with Gasteiger partial charge in [0.2, 0.25) is 5.91 Å². The third-order valence-electron chi connectivity index (χ3n) is 7.13. The van der Waals surface area contributed by atoms with Gasteiger partial charge in [0.25, 0.3) is 0 Å². The van der Waals surface area contributed by atoms with Crippen molar-refractivity contribution in [1.29, 1.82) is 0 Å². The van der Waals surface area contributed by atoms with Gasteiger partial charge in [0, 0.05) is 32.1 Å². The number of rotatable bonds is 8. The molecule has 0 spiro atoms. The molecule has 1 aliphatic heterocycles. The lowest BCUT2D eigenvalue weighted by atomic mass is 10.1. The van der Waals surface area contributed by atoms with Crippen LogP contribution in [0.15, 0.2) is 42.5 Å². The quantitative estimate of drug-likeness (QED) is 0.346. The molecule has 42 heavy (non-hydrogen) atoms. The van der Waals surface area contributed by atoms with Crippen LogP contribution in [0.4, 0.5) is 28.4 Å². The Morgan fingerprint density at radius 2 is 1.83 bits per heavy atom. The molecule has 2 heterocycles. The molecule has 2 aliphatic rings. The summed E-state index contributed by atoms with van der Waals surface area (Å²) in [5.41, 5.74) is 2.45. The largest absolute Gasteiger partial charge is 0.444 e. The molecule has 0 unspecified atom stereocenters. The predicted molar refractivity (Wildman–Crippen MR) is 150 cm³/mol. The van der Waals surface area contributed by atoms with E-state index in [4.69, 9.17) is 4.74 Å². The highest BCUT2D eigenvalue weighted by molar-refractivity contribution is 6.16. The van der Waals surface area contributed by atoms with Crippen LogP contribution in [-0.2, 0) is 35.6 Å². The van der Waals surface area contributed by atoms with E-state index in [0.29, 0.717) is 28.8 Å². The Bertz CT molecular complexity index is 1510. The second kappa shape index (κ2) is 11.3. The van der Waals surface area contributed by atoms with E-state index in [1.807, 2.05) is 12.1 Å². The number of alkyl carbamates (subject to hydrolysis) is 1. The van der Waals surface area contributed by atoms with Crippen LogP contribution in [0.2, 0.25) is 0 Å². The molecular weight excluding hydrogens is 551 g/mol. The zero-order valence-electron chi connectivity index (χ0n) is 23.8. The number of aryl methyl sites for hydroxylation is 1. The number of anilines is 1. The summed E-state index contributed by atoms with van der Waals surface area (Å²) < 4.78 is 45.8. The van der Waals surface area contributed by atoms with E-state index < -0.39 is 36.2 Å². The number of hydrogen-bond donors (Lipinski definition) is 1. The van der Waals surface area contributed by atoms with Crippen LogP contribution in [0.1, 0.15) is 63.4 Å². The van der Waals surface area contributed by atoms with E-state index in [0.717, 1.165) is 18.4 Å². The van der Waals surface area contributed by atoms with Crippen molar-refractivity contribution in [2.24, 2.45) is 0 Å². The van der Waals surface area contributed by atoms with Crippen LogP contribution in [0.25, 0.3) is 11.0 Å². The molecule has 1 N–H and O–H groups in total. The zero-order chi connectivity index (χ0) is 30.2. The van der Waals surface area contributed by atoms with Gasteiger partial charge in [-0.2, -0.15) is 13.2 Å². The summed E-state index contributed by atoms with van der Waals surface area (Å²) >= 11 is 0. The second-order valence-corrected chi connectivity index (χ2v) is 11.8. The summed E-state index contributed by atoms with van der Waals surface area (Å²) in [4.78, 5) is 46.8. The SMILES string of the molecule is CC(C)(C)OC(=O)NCc1ccc2c(c1)nc(CC(=O)N1C(=O)N(C3CC3)Cc3ccccc31)n2CCCC(F)(F)F. The number of nitrogens with zero attached hydrogens (tertiary/aromatic N) is 4. The molecule has 0 radical (unpaired) electrons. The molecule has 0 atom stereocenters. The number of imidazole rings is 1. The van der Waals surface area contributed by atoms with Crippen molar-refractivity contribution in [3.63, 3.8) is 0 Å². The molecule has 1 aromatic heterocycles. The highest BCUT2D eigenvalue weighted by Crippen LogP contribution is 2.36. The molecule has 12 heteroatoms.